The van der Waals surface area contributed by atoms with E-state index in [1.54, 1.807) is 11.8 Å². The molecule has 1 aromatic carbocycles. The van der Waals surface area contributed by atoms with Gasteiger partial charge in [-0.25, -0.2) is 8.42 Å². The number of thioether (sulfide) groups is 1. The maximum absolute atomic E-state index is 12.2. The van der Waals surface area contributed by atoms with Crippen molar-refractivity contribution in [1.29, 1.82) is 0 Å². The van der Waals surface area contributed by atoms with E-state index in [0.717, 1.165) is 11.3 Å². The monoisotopic (exact) mass is 297 g/mol. The first kappa shape index (κ1) is 13.0. The fourth-order valence-corrected chi connectivity index (χ4v) is 5.41. The Bertz CT molecular complexity index is 587. The normalized spacial score (nSPS) is 28.0. The minimum absolute atomic E-state index is 0.0386. The summed E-state index contributed by atoms with van der Waals surface area (Å²) < 4.78 is 22.7. The number of carbonyl (C=O) groups excluding carboxylic acids is 1. The maximum atomic E-state index is 12.2. The number of amides is 1. The summed E-state index contributed by atoms with van der Waals surface area (Å²) in [5, 5.41) is 2.75. The third-order valence-corrected chi connectivity index (χ3v) is 6.60. The molecule has 1 saturated heterocycles. The first-order chi connectivity index (χ1) is 9.03. The largest absolute Gasteiger partial charge is 0.351 e. The predicted octanol–water partition coefficient (Wildman–Crippen LogP) is 1.01. The first-order valence-corrected chi connectivity index (χ1v) is 8.99. The second kappa shape index (κ2) is 4.83. The second-order valence-corrected chi connectivity index (χ2v) is 8.50. The van der Waals surface area contributed by atoms with Crippen molar-refractivity contribution < 1.29 is 13.2 Å². The molecular formula is C13H15NO3S2. The minimum atomic E-state index is -2.94. The standard InChI is InChI=1S/C13H15NO3S2/c15-13(14-10-5-6-19(16,17)8-10)12-7-9-3-1-2-4-11(9)18-12/h1-4,10,12H,5-8H2,(H,14,15)/t10-,12+/m0/s1. The van der Waals surface area contributed by atoms with E-state index in [2.05, 4.69) is 5.32 Å². The Balaban J connectivity index is 1.62. The van der Waals surface area contributed by atoms with Gasteiger partial charge >= 0.3 is 0 Å². The van der Waals surface area contributed by atoms with Crippen molar-refractivity contribution in [1.82, 2.24) is 5.32 Å². The average molecular weight is 297 g/mol. The van der Waals surface area contributed by atoms with Crippen LogP contribution in [-0.2, 0) is 21.1 Å². The second-order valence-electron chi connectivity index (χ2n) is 5.03. The van der Waals surface area contributed by atoms with Crippen LogP contribution in [0.5, 0.6) is 0 Å². The molecule has 0 saturated carbocycles. The van der Waals surface area contributed by atoms with Gasteiger partial charge in [-0.05, 0) is 24.5 Å². The molecule has 4 nitrogen and oxygen atoms in total. The summed E-state index contributed by atoms with van der Waals surface area (Å²) in [6.07, 6.45) is 1.27. The summed E-state index contributed by atoms with van der Waals surface area (Å²) in [7, 11) is -2.94. The van der Waals surface area contributed by atoms with Gasteiger partial charge in [0.05, 0.1) is 16.8 Å². The lowest BCUT2D eigenvalue weighted by Crippen LogP contribution is -2.40. The van der Waals surface area contributed by atoms with Gasteiger partial charge < -0.3 is 5.32 Å². The molecule has 19 heavy (non-hydrogen) atoms. The molecular weight excluding hydrogens is 282 g/mol. The third-order valence-electron chi connectivity index (χ3n) is 3.52. The van der Waals surface area contributed by atoms with Crippen molar-refractivity contribution in [3.05, 3.63) is 29.8 Å². The van der Waals surface area contributed by atoms with Gasteiger partial charge in [0.15, 0.2) is 9.84 Å². The molecule has 1 fully saturated rings. The number of rotatable bonds is 2. The van der Waals surface area contributed by atoms with Crippen LogP contribution in [0, 0.1) is 0 Å². The lowest BCUT2D eigenvalue weighted by molar-refractivity contribution is -0.121. The molecule has 3 rings (SSSR count). The van der Waals surface area contributed by atoms with E-state index in [9.17, 15) is 13.2 Å². The number of hydrogen-bond acceptors (Lipinski definition) is 4. The van der Waals surface area contributed by atoms with E-state index < -0.39 is 9.84 Å². The van der Waals surface area contributed by atoms with Crippen molar-refractivity contribution in [2.75, 3.05) is 11.5 Å². The molecule has 102 valence electrons. The van der Waals surface area contributed by atoms with Crippen LogP contribution in [-0.4, -0.2) is 37.1 Å². The number of fused-ring (bicyclic) bond motifs is 1. The SMILES string of the molecule is O=C(N[C@H]1CCS(=O)(=O)C1)[C@H]1Cc2ccccc2S1. The zero-order valence-corrected chi connectivity index (χ0v) is 12.0. The summed E-state index contributed by atoms with van der Waals surface area (Å²) in [5.74, 6) is 0.238. The van der Waals surface area contributed by atoms with E-state index in [0.29, 0.717) is 6.42 Å². The smallest absolute Gasteiger partial charge is 0.234 e. The fourth-order valence-electron chi connectivity index (χ4n) is 2.53. The van der Waals surface area contributed by atoms with Gasteiger partial charge in [0.25, 0.3) is 0 Å². The molecule has 2 aliphatic rings. The molecule has 0 aliphatic carbocycles. The molecule has 2 heterocycles. The Labute approximate surface area is 116 Å². The van der Waals surface area contributed by atoms with Crippen LogP contribution in [0.4, 0.5) is 0 Å². The van der Waals surface area contributed by atoms with Gasteiger partial charge in [0.1, 0.15) is 0 Å². The zero-order chi connectivity index (χ0) is 13.5. The Hall–Kier alpha value is -1.01. The van der Waals surface area contributed by atoms with Crippen molar-refractivity contribution in [3.63, 3.8) is 0 Å². The molecule has 1 N–H and O–H groups in total. The van der Waals surface area contributed by atoms with Gasteiger partial charge in [-0.2, -0.15) is 0 Å². The Kier molecular flexibility index (Phi) is 3.30. The quantitative estimate of drug-likeness (QED) is 0.885. The number of benzene rings is 1. The van der Waals surface area contributed by atoms with Crippen molar-refractivity contribution in [2.24, 2.45) is 0 Å². The number of nitrogens with one attached hydrogen (secondary N) is 1. The van der Waals surface area contributed by atoms with Crippen LogP contribution < -0.4 is 5.32 Å². The van der Waals surface area contributed by atoms with Crippen LogP contribution in [0.25, 0.3) is 0 Å². The van der Waals surface area contributed by atoms with Gasteiger partial charge in [0.2, 0.25) is 5.91 Å². The van der Waals surface area contributed by atoms with E-state index in [1.165, 1.54) is 5.56 Å². The minimum Gasteiger partial charge on any atom is -0.351 e. The molecule has 6 heteroatoms. The van der Waals surface area contributed by atoms with Crippen LogP contribution in [0.2, 0.25) is 0 Å². The van der Waals surface area contributed by atoms with E-state index in [4.69, 9.17) is 0 Å². The molecule has 0 bridgehead atoms. The van der Waals surface area contributed by atoms with E-state index in [-0.39, 0.29) is 28.7 Å². The molecule has 0 radical (unpaired) electrons. The highest BCUT2D eigenvalue weighted by molar-refractivity contribution is 8.01. The van der Waals surface area contributed by atoms with Gasteiger partial charge in [-0.1, -0.05) is 18.2 Å². The van der Waals surface area contributed by atoms with E-state index in [1.807, 2.05) is 24.3 Å². The van der Waals surface area contributed by atoms with Crippen molar-refractivity contribution in [3.8, 4) is 0 Å². The highest BCUT2D eigenvalue weighted by Crippen LogP contribution is 2.36. The third kappa shape index (κ3) is 2.79. The Morgan fingerprint density at radius 1 is 1.32 bits per heavy atom. The predicted molar refractivity (Wildman–Crippen MR) is 75.0 cm³/mol. The van der Waals surface area contributed by atoms with Crippen LogP contribution in [0.15, 0.2) is 29.2 Å². The molecule has 2 aliphatic heterocycles. The lowest BCUT2D eigenvalue weighted by Gasteiger charge is -2.14. The summed E-state index contributed by atoms with van der Waals surface area (Å²) >= 11 is 1.57. The van der Waals surface area contributed by atoms with Crippen LogP contribution in [0.1, 0.15) is 12.0 Å². The van der Waals surface area contributed by atoms with Crippen molar-refractivity contribution in [2.45, 2.75) is 29.0 Å². The molecule has 0 aromatic heterocycles. The summed E-state index contributed by atoms with van der Waals surface area (Å²) in [5.41, 5.74) is 1.20. The molecule has 1 amide bonds. The average Bonchev–Trinajstić information content (AvgIpc) is 2.92. The van der Waals surface area contributed by atoms with Gasteiger partial charge in [0, 0.05) is 10.9 Å². The van der Waals surface area contributed by atoms with Crippen molar-refractivity contribution >= 4 is 27.5 Å². The highest BCUT2D eigenvalue weighted by atomic mass is 32.2. The molecule has 1 aromatic rings. The Morgan fingerprint density at radius 3 is 2.79 bits per heavy atom. The molecule has 2 atom stereocenters. The Morgan fingerprint density at radius 2 is 2.11 bits per heavy atom. The number of sulfone groups is 1. The maximum Gasteiger partial charge on any atom is 0.234 e. The number of hydrogen-bond donors (Lipinski definition) is 1. The summed E-state index contributed by atoms with van der Waals surface area (Å²) in [4.78, 5) is 13.3. The number of carbonyl (C=O) groups is 1. The van der Waals surface area contributed by atoms with Gasteiger partial charge in [-0.15, -0.1) is 11.8 Å². The topological polar surface area (TPSA) is 63.2 Å². The fraction of sp³-hybridized carbons (Fsp3) is 0.462. The highest BCUT2D eigenvalue weighted by Gasteiger charge is 2.33. The summed E-state index contributed by atoms with van der Waals surface area (Å²) in [6.45, 7) is 0. The lowest BCUT2D eigenvalue weighted by atomic mass is 10.1. The van der Waals surface area contributed by atoms with Crippen LogP contribution >= 0.6 is 11.8 Å². The van der Waals surface area contributed by atoms with Gasteiger partial charge in [-0.3, -0.25) is 4.79 Å². The molecule has 0 spiro atoms. The molecule has 0 unspecified atom stereocenters. The first-order valence-electron chi connectivity index (χ1n) is 6.29. The zero-order valence-electron chi connectivity index (χ0n) is 10.3. The summed E-state index contributed by atoms with van der Waals surface area (Å²) in [6, 6.07) is 7.80. The van der Waals surface area contributed by atoms with E-state index >= 15 is 0 Å². The van der Waals surface area contributed by atoms with Crippen LogP contribution in [0.3, 0.4) is 0 Å².